The SMILES string of the molecule is CCCn1nccc1C(NC)c1ccc(F)c(C)c1. The first-order valence-electron chi connectivity index (χ1n) is 6.62. The minimum absolute atomic E-state index is 0.0355. The largest absolute Gasteiger partial charge is 0.308 e. The fourth-order valence-corrected chi connectivity index (χ4v) is 2.32. The average molecular weight is 261 g/mol. The highest BCUT2D eigenvalue weighted by Crippen LogP contribution is 2.23. The topological polar surface area (TPSA) is 29.9 Å². The van der Waals surface area contributed by atoms with E-state index in [2.05, 4.69) is 17.3 Å². The minimum Gasteiger partial charge on any atom is -0.308 e. The van der Waals surface area contributed by atoms with Crippen LogP contribution >= 0.6 is 0 Å². The number of hydrogen-bond donors (Lipinski definition) is 1. The van der Waals surface area contributed by atoms with E-state index in [0.29, 0.717) is 5.56 Å². The van der Waals surface area contributed by atoms with Crippen molar-refractivity contribution in [1.29, 1.82) is 0 Å². The molecule has 102 valence electrons. The fraction of sp³-hybridized carbons (Fsp3) is 0.400. The Kier molecular flexibility index (Phi) is 4.32. The fourth-order valence-electron chi connectivity index (χ4n) is 2.32. The van der Waals surface area contributed by atoms with Crippen LogP contribution in [0.3, 0.4) is 0 Å². The van der Waals surface area contributed by atoms with Crippen molar-refractivity contribution in [3.05, 3.63) is 53.1 Å². The van der Waals surface area contributed by atoms with E-state index in [0.717, 1.165) is 24.2 Å². The van der Waals surface area contributed by atoms with E-state index in [9.17, 15) is 4.39 Å². The molecule has 1 aromatic carbocycles. The lowest BCUT2D eigenvalue weighted by Crippen LogP contribution is -2.21. The van der Waals surface area contributed by atoms with Crippen molar-refractivity contribution in [2.75, 3.05) is 7.05 Å². The molecule has 0 fully saturated rings. The molecule has 0 radical (unpaired) electrons. The molecule has 1 atom stereocenters. The van der Waals surface area contributed by atoms with E-state index < -0.39 is 0 Å². The predicted molar refractivity (Wildman–Crippen MR) is 74.6 cm³/mol. The van der Waals surface area contributed by atoms with Gasteiger partial charge in [0, 0.05) is 12.7 Å². The molecule has 1 heterocycles. The Labute approximate surface area is 113 Å². The molecule has 0 aliphatic carbocycles. The summed E-state index contributed by atoms with van der Waals surface area (Å²) in [6, 6.07) is 7.28. The van der Waals surface area contributed by atoms with E-state index in [1.54, 1.807) is 6.92 Å². The van der Waals surface area contributed by atoms with Crippen LogP contribution in [0, 0.1) is 12.7 Å². The lowest BCUT2D eigenvalue weighted by molar-refractivity contribution is 0.533. The number of rotatable bonds is 5. The third-order valence-corrected chi connectivity index (χ3v) is 3.28. The van der Waals surface area contributed by atoms with E-state index in [1.807, 2.05) is 36.1 Å². The molecular formula is C15H20FN3. The second-order valence-corrected chi connectivity index (χ2v) is 4.71. The molecule has 0 aliphatic heterocycles. The number of aryl methyl sites for hydroxylation is 2. The van der Waals surface area contributed by atoms with Crippen molar-refractivity contribution in [1.82, 2.24) is 15.1 Å². The van der Waals surface area contributed by atoms with E-state index >= 15 is 0 Å². The molecule has 0 spiro atoms. The summed E-state index contributed by atoms with van der Waals surface area (Å²) in [7, 11) is 1.91. The van der Waals surface area contributed by atoms with Crippen LogP contribution in [0.4, 0.5) is 4.39 Å². The number of halogens is 1. The number of nitrogens with one attached hydrogen (secondary N) is 1. The molecule has 0 saturated heterocycles. The first kappa shape index (κ1) is 13.7. The third kappa shape index (κ3) is 2.84. The minimum atomic E-state index is -0.166. The van der Waals surface area contributed by atoms with Crippen LogP contribution in [0.5, 0.6) is 0 Å². The van der Waals surface area contributed by atoms with Crippen LogP contribution in [-0.4, -0.2) is 16.8 Å². The number of hydrogen-bond acceptors (Lipinski definition) is 2. The summed E-state index contributed by atoms with van der Waals surface area (Å²) in [5.41, 5.74) is 2.83. The van der Waals surface area contributed by atoms with Gasteiger partial charge in [0.05, 0.1) is 11.7 Å². The molecule has 3 nitrogen and oxygen atoms in total. The summed E-state index contributed by atoms with van der Waals surface area (Å²) in [4.78, 5) is 0. The number of nitrogens with zero attached hydrogens (tertiary/aromatic N) is 2. The average Bonchev–Trinajstić information content (AvgIpc) is 2.83. The van der Waals surface area contributed by atoms with Crippen molar-refractivity contribution in [2.24, 2.45) is 0 Å². The summed E-state index contributed by atoms with van der Waals surface area (Å²) in [6.07, 6.45) is 2.85. The van der Waals surface area contributed by atoms with Crippen LogP contribution in [0.2, 0.25) is 0 Å². The Hall–Kier alpha value is -1.68. The van der Waals surface area contributed by atoms with E-state index in [1.165, 1.54) is 6.07 Å². The Morgan fingerprint density at radius 3 is 2.79 bits per heavy atom. The molecule has 0 saturated carbocycles. The molecular weight excluding hydrogens is 241 g/mol. The van der Waals surface area contributed by atoms with Crippen LogP contribution < -0.4 is 5.32 Å². The van der Waals surface area contributed by atoms with Gasteiger partial charge >= 0.3 is 0 Å². The van der Waals surface area contributed by atoms with Gasteiger partial charge in [-0.25, -0.2) is 4.39 Å². The quantitative estimate of drug-likeness (QED) is 0.896. The Balaban J connectivity index is 2.38. The van der Waals surface area contributed by atoms with Gasteiger partial charge in [-0.15, -0.1) is 0 Å². The second-order valence-electron chi connectivity index (χ2n) is 4.71. The highest BCUT2D eigenvalue weighted by Gasteiger charge is 2.17. The Bertz CT molecular complexity index is 548. The molecule has 0 amide bonds. The first-order valence-corrected chi connectivity index (χ1v) is 6.62. The zero-order valence-electron chi connectivity index (χ0n) is 11.7. The van der Waals surface area contributed by atoms with Gasteiger partial charge in [-0.2, -0.15) is 5.10 Å². The smallest absolute Gasteiger partial charge is 0.126 e. The highest BCUT2D eigenvalue weighted by molar-refractivity contribution is 5.31. The lowest BCUT2D eigenvalue weighted by Gasteiger charge is -2.19. The van der Waals surface area contributed by atoms with Gasteiger partial charge in [-0.05, 0) is 43.7 Å². The summed E-state index contributed by atoms with van der Waals surface area (Å²) >= 11 is 0. The Morgan fingerprint density at radius 1 is 1.37 bits per heavy atom. The van der Waals surface area contributed by atoms with Gasteiger partial charge in [-0.3, -0.25) is 4.68 Å². The van der Waals surface area contributed by atoms with Gasteiger partial charge in [0.1, 0.15) is 5.82 Å². The zero-order valence-corrected chi connectivity index (χ0v) is 11.7. The maximum absolute atomic E-state index is 13.4. The van der Waals surface area contributed by atoms with Crippen LogP contribution in [0.25, 0.3) is 0 Å². The summed E-state index contributed by atoms with van der Waals surface area (Å²) < 4.78 is 15.4. The summed E-state index contributed by atoms with van der Waals surface area (Å²) in [5, 5.41) is 7.63. The lowest BCUT2D eigenvalue weighted by atomic mass is 10.0. The van der Waals surface area contributed by atoms with E-state index in [-0.39, 0.29) is 11.9 Å². The number of aromatic nitrogens is 2. The van der Waals surface area contributed by atoms with Gasteiger partial charge in [-0.1, -0.05) is 19.1 Å². The van der Waals surface area contributed by atoms with Crippen molar-refractivity contribution < 1.29 is 4.39 Å². The van der Waals surface area contributed by atoms with Crippen LogP contribution in [0.1, 0.15) is 36.2 Å². The maximum Gasteiger partial charge on any atom is 0.126 e. The van der Waals surface area contributed by atoms with Gasteiger partial charge in [0.2, 0.25) is 0 Å². The maximum atomic E-state index is 13.4. The second kappa shape index (κ2) is 5.97. The molecule has 1 aromatic heterocycles. The van der Waals surface area contributed by atoms with Crippen molar-refractivity contribution >= 4 is 0 Å². The van der Waals surface area contributed by atoms with Crippen molar-refractivity contribution in [2.45, 2.75) is 32.9 Å². The summed E-state index contributed by atoms with van der Waals surface area (Å²) in [6.45, 7) is 4.80. The van der Waals surface area contributed by atoms with E-state index in [4.69, 9.17) is 0 Å². The first-order chi connectivity index (χ1) is 9.17. The predicted octanol–water partition coefficient (Wildman–Crippen LogP) is 3.05. The third-order valence-electron chi connectivity index (χ3n) is 3.28. The van der Waals surface area contributed by atoms with Crippen molar-refractivity contribution in [3.63, 3.8) is 0 Å². The van der Waals surface area contributed by atoms with Gasteiger partial charge in [0.15, 0.2) is 0 Å². The molecule has 2 aromatic rings. The monoisotopic (exact) mass is 261 g/mol. The standard InChI is InChI=1S/C15H20FN3/c1-4-9-19-14(7-8-18-19)15(17-3)12-5-6-13(16)11(2)10-12/h5-8,10,15,17H,4,9H2,1-3H3. The van der Waals surface area contributed by atoms with Gasteiger partial charge < -0.3 is 5.32 Å². The Morgan fingerprint density at radius 2 is 2.16 bits per heavy atom. The van der Waals surface area contributed by atoms with Crippen LogP contribution in [0.15, 0.2) is 30.5 Å². The molecule has 1 unspecified atom stereocenters. The highest BCUT2D eigenvalue weighted by atomic mass is 19.1. The summed E-state index contributed by atoms with van der Waals surface area (Å²) in [5.74, 6) is -0.166. The zero-order chi connectivity index (χ0) is 13.8. The molecule has 0 bridgehead atoms. The molecule has 4 heteroatoms. The number of benzene rings is 1. The molecule has 0 aliphatic rings. The molecule has 19 heavy (non-hydrogen) atoms. The van der Waals surface area contributed by atoms with Crippen LogP contribution in [-0.2, 0) is 6.54 Å². The molecule has 1 N–H and O–H groups in total. The van der Waals surface area contributed by atoms with Crippen molar-refractivity contribution in [3.8, 4) is 0 Å². The molecule has 2 rings (SSSR count). The van der Waals surface area contributed by atoms with Gasteiger partial charge in [0.25, 0.3) is 0 Å². The normalized spacial score (nSPS) is 12.6.